The van der Waals surface area contributed by atoms with Gasteiger partial charge in [0.1, 0.15) is 6.33 Å². The van der Waals surface area contributed by atoms with E-state index in [9.17, 15) is 0 Å². The number of aryl methyl sites for hydroxylation is 1. The molecule has 15 heavy (non-hydrogen) atoms. The minimum atomic E-state index is 0.755. The molecule has 1 aromatic heterocycles. The summed E-state index contributed by atoms with van der Waals surface area (Å²) in [6.07, 6.45) is 3.88. The van der Waals surface area contributed by atoms with Crippen molar-refractivity contribution in [3.05, 3.63) is 12.2 Å². The van der Waals surface area contributed by atoms with Crippen molar-refractivity contribution in [3.8, 4) is 0 Å². The molecule has 0 unspecified atom stereocenters. The third-order valence-corrected chi connectivity index (χ3v) is 2.03. The molecule has 1 aromatic rings. The Kier molecular flexibility index (Phi) is 5.96. The monoisotopic (exact) mass is 212 g/mol. The van der Waals surface area contributed by atoms with Gasteiger partial charge in [-0.25, -0.2) is 4.98 Å². The largest absolute Gasteiger partial charge is 0.385 e. The van der Waals surface area contributed by atoms with Crippen LogP contribution in [0.3, 0.4) is 0 Å². The van der Waals surface area contributed by atoms with E-state index in [1.807, 2.05) is 4.68 Å². The lowest BCUT2D eigenvalue weighted by Crippen LogP contribution is -2.15. The summed E-state index contributed by atoms with van der Waals surface area (Å²) in [4.78, 5) is 4.22. The number of ether oxygens (including phenoxy) is 1. The fourth-order valence-corrected chi connectivity index (χ4v) is 1.27. The van der Waals surface area contributed by atoms with Gasteiger partial charge in [0.05, 0.1) is 6.54 Å². The van der Waals surface area contributed by atoms with Gasteiger partial charge in [0.25, 0.3) is 0 Å². The maximum atomic E-state index is 4.98. The first-order chi connectivity index (χ1) is 7.36. The summed E-state index contributed by atoms with van der Waals surface area (Å²) in [5, 5.41) is 7.61. The number of methoxy groups -OCH3 is 1. The second-order valence-electron chi connectivity index (χ2n) is 3.45. The molecule has 0 aromatic carbocycles. The molecule has 0 radical (unpaired) electrons. The van der Waals surface area contributed by atoms with E-state index in [2.05, 4.69) is 22.3 Å². The van der Waals surface area contributed by atoms with Crippen molar-refractivity contribution in [1.82, 2.24) is 20.1 Å². The van der Waals surface area contributed by atoms with Crippen LogP contribution in [-0.2, 0) is 17.8 Å². The van der Waals surface area contributed by atoms with Crippen molar-refractivity contribution in [2.45, 2.75) is 32.9 Å². The molecule has 1 heterocycles. The summed E-state index contributed by atoms with van der Waals surface area (Å²) in [5.41, 5.74) is 0. The molecule has 0 amide bonds. The smallest absolute Gasteiger partial charge is 0.164 e. The summed E-state index contributed by atoms with van der Waals surface area (Å²) < 4.78 is 6.84. The zero-order chi connectivity index (χ0) is 10.9. The highest BCUT2D eigenvalue weighted by Gasteiger charge is 1.99. The molecule has 0 aliphatic rings. The van der Waals surface area contributed by atoms with E-state index in [4.69, 9.17) is 4.74 Å². The fraction of sp³-hybridized carbons (Fsp3) is 0.800. The number of hydrogen-bond donors (Lipinski definition) is 1. The van der Waals surface area contributed by atoms with Crippen LogP contribution in [0.25, 0.3) is 0 Å². The summed E-state index contributed by atoms with van der Waals surface area (Å²) in [5.74, 6) is 0.862. The maximum Gasteiger partial charge on any atom is 0.164 e. The Labute approximate surface area is 90.8 Å². The Balaban J connectivity index is 2.23. The molecule has 0 spiro atoms. The standard InChI is InChI=1S/C10H20N4O/c1-3-5-11-8-10-12-9-14(13-10)6-4-7-15-2/h9,11H,3-8H2,1-2H3. The summed E-state index contributed by atoms with van der Waals surface area (Å²) in [6, 6.07) is 0. The topological polar surface area (TPSA) is 52.0 Å². The molecule has 0 saturated carbocycles. The van der Waals surface area contributed by atoms with E-state index in [-0.39, 0.29) is 0 Å². The third-order valence-electron chi connectivity index (χ3n) is 2.03. The van der Waals surface area contributed by atoms with E-state index in [1.165, 1.54) is 0 Å². The highest BCUT2D eigenvalue weighted by Crippen LogP contribution is 1.92. The molecule has 0 bridgehead atoms. The Bertz CT molecular complexity index is 237. The van der Waals surface area contributed by atoms with Gasteiger partial charge in [0.2, 0.25) is 0 Å². The molecule has 0 aliphatic carbocycles. The molecule has 86 valence electrons. The lowest BCUT2D eigenvalue weighted by atomic mass is 10.4. The first kappa shape index (κ1) is 12.1. The van der Waals surface area contributed by atoms with Gasteiger partial charge in [-0.05, 0) is 19.4 Å². The number of nitrogens with zero attached hydrogens (tertiary/aromatic N) is 3. The number of aromatic nitrogens is 3. The van der Waals surface area contributed by atoms with Gasteiger partial charge in [-0.2, -0.15) is 5.10 Å². The molecule has 5 heteroatoms. The van der Waals surface area contributed by atoms with Crippen molar-refractivity contribution < 1.29 is 4.74 Å². The Morgan fingerprint density at radius 1 is 1.53 bits per heavy atom. The van der Waals surface area contributed by atoms with Gasteiger partial charge in [-0.15, -0.1) is 0 Å². The first-order valence-electron chi connectivity index (χ1n) is 5.44. The molecule has 0 aliphatic heterocycles. The summed E-state index contributed by atoms with van der Waals surface area (Å²) in [7, 11) is 1.71. The summed E-state index contributed by atoms with van der Waals surface area (Å²) >= 11 is 0. The minimum absolute atomic E-state index is 0.755. The van der Waals surface area contributed by atoms with Crippen molar-refractivity contribution >= 4 is 0 Å². The maximum absolute atomic E-state index is 4.98. The molecule has 1 rings (SSSR count). The molecule has 1 N–H and O–H groups in total. The molecule has 5 nitrogen and oxygen atoms in total. The quantitative estimate of drug-likeness (QED) is 0.648. The SMILES string of the molecule is CCCNCc1ncn(CCCOC)n1. The Hall–Kier alpha value is -0.940. The van der Waals surface area contributed by atoms with Crippen LogP contribution in [0.15, 0.2) is 6.33 Å². The van der Waals surface area contributed by atoms with Gasteiger partial charge in [0, 0.05) is 20.3 Å². The van der Waals surface area contributed by atoms with Crippen LogP contribution in [0.2, 0.25) is 0 Å². The van der Waals surface area contributed by atoms with Gasteiger partial charge >= 0.3 is 0 Å². The van der Waals surface area contributed by atoms with E-state index in [1.54, 1.807) is 13.4 Å². The predicted molar refractivity (Wildman–Crippen MR) is 58.5 cm³/mol. The van der Waals surface area contributed by atoms with Crippen molar-refractivity contribution in [2.75, 3.05) is 20.3 Å². The van der Waals surface area contributed by atoms with E-state index < -0.39 is 0 Å². The van der Waals surface area contributed by atoms with Crippen LogP contribution in [0, 0.1) is 0 Å². The van der Waals surface area contributed by atoms with Crippen LogP contribution in [0.4, 0.5) is 0 Å². The Morgan fingerprint density at radius 3 is 3.13 bits per heavy atom. The fourth-order valence-electron chi connectivity index (χ4n) is 1.27. The van der Waals surface area contributed by atoms with E-state index in [0.29, 0.717) is 0 Å². The van der Waals surface area contributed by atoms with Crippen LogP contribution in [0.5, 0.6) is 0 Å². The summed E-state index contributed by atoms with van der Waals surface area (Å²) in [6.45, 7) is 5.55. The van der Waals surface area contributed by atoms with Crippen molar-refractivity contribution in [2.24, 2.45) is 0 Å². The molecular weight excluding hydrogens is 192 g/mol. The van der Waals surface area contributed by atoms with Crippen LogP contribution in [0.1, 0.15) is 25.6 Å². The zero-order valence-corrected chi connectivity index (χ0v) is 9.57. The minimum Gasteiger partial charge on any atom is -0.385 e. The normalized spacial score (nSPS) is 10.8. The van der Waals surface area contributed by atoms with Gasteiger partial charge < -0.3 is 10.1 Å². The van der Waals surface area contributed by atoms with E-state index in [0.717, 1.165) is 44.9 Å². The highest BCUT2D eigenvalue weighted by atomic mass is 16.5. The van der Waals surface area contributed by atoms with Crippen LogP contribution >= 0.6 is 0 Å². The lowest BCUT2D eigenvalue weighted by Gasteiger charge is -1.99. The lowest BCUT2D eigenvalue weighted by molar-refractivity contribution is 0.189. The second-order valence-corrected chi connectivity index (χ2v) is 3.45. The number of rotatable bonds is 8. The van der Waals surface area contributed by atoms with Gasteiger partial charge in [-0.1, -0.05) is 6.92 Å². The predicted octanol–water partition coefficient (Wildman–Crippen LogP) is 0.814. The number of nitrogens with one attached hydrogen (secondary N) is 1. The van der Waals surface area contributed by atoms with Crippen molar-refractivity contribution in [3.63, 3.8) is 0 Å². The molecule has 0 saturated heterocycles. The first-order valence-corrected chi connectivity index (χ1v) is 5.44. The average Bonchev–Trinajstić information content (AvgIpc) is 2.67. The number of hydrogen-bond acceptors (Lipinski definition) is 4. The molecule has 0 atom stereocenters. The third kappa shape index (κ3) is 4.90. The molecular formula is C10H20N4O. The zero-order valence-electron chi connectivity index (χ0n) is 9.57. The highest BCUT2D eigenvalue weighted by molar-refractivity contribution is 4.80. The second kappa shape index (κ2) is 7.36. The van der Waals surface area contributed by atoms with Crippen molar-refractivity contribution in [1.29, 1.82) is 0 Å². The van der Waals surface area contributed by atoms with Crippen LogP contribution < -0.4 is 5.32 Å². The van der Waals surface area contributed by atoms with Crippen LogP contribution in [-0.4, -0.2) is 35.0 Å². The van der Waals surface area contributed by atoms with Gasteiger partial charge in [0.15, 0.2) is 5.82 Å². The Morgan fingerprint density at radius 2 is 2.40 bits per heavy atom. The molecule has 0 fully saturated rings. The van der Waals surface area contributed by atoms with E-state index >= 15 is 0 Å². The average molecular weight is 212 g/mol. The van der Waals surface area contributed by atoms with Gasteiger partial charge in [-0.3, -0.25) is 4.68 Å².